The van der Waals surface area contributed by atoms with E-state index in [0.29, 0.717) is 0 Å². The van der Waals surface area contributed by atoms with E-state index in [1.807, 2.05) is 6.92 Å². The van der Waals surface area contributed by atoms with E-state index in [1.165, 1.54) is 0 Å². The highest BCUT2D eigenvalue weighted by Crippen LogP contribution is 2.36. The highest BCUT2D eigenvalue weighted by atomic mass is 16.1. The second-order valence-corrected chi connectivity index (χ2v) is 3.43. The van der Waals surface area contributed by atoms with Crippen LogP contribution in [0.3, 0.4) is 0 Å². The van der Waals surface area contributed by atoms with E-state index in [2.05, 4.69) is 0 Å². The van der Waals surface area contributed by atoms with Crippen LogP contribution < -0.4 is 11.5 Å². The van der Waals surface area contributed by atoms with Crippen molar-refractivity contribution in [3.63, 3.8) is 0 Å². The molecule has 1 fully saturated rings. The standard InChI is InChI=1S/C7H14N2O/c1-7(6(9)10)3-2-5(8)4-7/h5H,2-4,8H2,1H3,(H2,9,10). The topological polar surface area (TPSA) is 69.1 Å². The maximum Gasteiger partial charge on any atom is 0.223 e. The quantitative estimate of drug-likeness (QED) is 0.540. The molecule has 1 amide bonds. The van der Waals surface area contributed by atoms with Crippen LogP contribution >= 0.6 is 0 Å². The third-order valence-electron chi connectivity index (χ3n) is 2.37. The molecule has 0 spiro atoms. The number of primary amides is 1. The highest BCUT2D eigenvalue weighted by molar-refractivity contribution is 5.80. The van der Waals surface area contributed by atoms with Crippen molar-refractivity contribution >= 4 is 5.91 Å². The summed E-state index contributed by atoms with van der Waals surface area (Å²) in [5.41, 5.74) is 10.5. The predicted molar refractivity (Wildman–Crippen MR) is 39.1 cm³/mol. The lowest BCUT2D eigenvalue weighted by molar-refractivity contribution is -0.126. The maximum atomic E-state index is 10.8. The van der Waals surface area contributed by atoms with Gasteiger partial charge in [0.2, 0.25) is 5.91 Å². The van der Waals surface area contributed by atoms with Crippen molar-refractivity contribution in [1.82, 2.24) is 0 Å². The molecule has 0 radical (unpaired) electrons. The maximum absolute atomic E-state index is 10.8. The third-order valence-corrected chi connectivity index (χ3v) is 2.37. The first kappa shape index (κ1) is 7.54. The lowest BCUT2D eigenvalue weighted by Gasteiger charge is -2.18. The fourth-order valence-corrected chi connectivity index (χ4v) is 1.51. The van der Waals surface area contributed by atoms with Crippen LogP contribution in [0.25, 0.3) is 0 Å². The van der Waals surface area contributed by atoms with Crippen molar-refractivity contribution in [2.45, 2.75) is 32.2 Å². The molecule has 1 aliphatic rings. The van der Waals surface area contributed by atoms with Crippen molar-refractivity contribution in [3.05, 3.63) is 0 Å². The number of rotatable bonds is 1. The van der Waals surface area contributed by atoms with Gasteiger partial charge >= 0.3 is 0 Å². The first-order valence-corrected chi connectivity index (χ1v) is 3.60. The summed E-state index contributed by atoms with van der Waals surface area (Å²) in [5, 5.41) is 0. The zero-order chi connectivity index (χ0) is 7.78. The molecule has 10 heavy (non-hydrogen) atoms. The van der Waals surface area contributed by atoms with Gasteiger partial charge in [0, 0.05) is 11.5 Å². The summed E-state index contributed by atoms with van der Waals surface area (Å²) >= 11 is 0. The van der Waals surface area contributed by atoms with Gasteiger partial charge < -0.3 is 11.5 Å². The van der Waals surface area contributed by atoms with Crippen LogP contribution in [0, 0.1) is 5.41 Å². The molecular formula is C7H14N2O. The minimum absolute atomic E-state index is 0.178. The smallest absolute Gasteiger partial charge is 0.223 e. The van der Waals surface area contributed by atoms with Gasteiger partial charge in [-0.15, -0.1) is 0 Å². The number of carbonyl (C=O) groups is 1. The Balaban J connectivity index is 2.63. The van der Waals surface area contributed by atoms with Crippen LogP contribution in [0.2, 0.25) is 0 Å². The zero-order valence-corrected chi connectivity index (χ0v) is 6.26. The molecule has 3 nitrogen and oxygen atoms in total. The van der Waals surface area contributed by atoms with Gasteiger partial charge in [0.05, 0.1) is 0 Å². The minimum atomic E-state index is -0.320. The Morgan fingerprint density at radius 2 is 2.30 bits per heavy atom. The Labute approximate surface area is 60.8 Å². The monoisotopic (exact) mass is 142 g/mol. The highest BCUT2D eigenvalue weighted by Gasteiger charge is 2.38. The lowest BCUT2D eigenvalue weighted by atomic mass is 9.88. The van der Waals surface area contributed by atoms with Crippen LogP contribution in [0.5, 0.6) is 0 Å². The van der Waals surface area contributed by atoms with Gasteiger partial charge in [-0.25, -0.2) is 0 Å². The second kappa shape index (κ2) is 2.23. The Bertz CT molecular complexity index is 158. The van der Waals surface area contributed by atoms with E-state index < -0.39 is 0 Å². The summed E-state index contributed by atoms with van der Waals surface area (Å²) in [6.45, 7) is 1.89. The normalized spacial score (nSPS) is 40.0. The minimum Gasteiger partial charge on any atom is -0.369 e. The third kappa shape index (κ3) is 1.14. The van der Waals surface area contributed by atoms with Gasteiger partial charge in [-0.3, -0.25) is 4.79 Å². The van der Waals surface area contributed by atoms with Crippen LogP contribution in [-0.2, 0) is 4.79 Å². The molecule has 0 heterocycles. The van der Waals surface area contributed by atoms with Gasteiger partial charge in [-0.1, -0.05) is 6.92 Å². The predicted octanol–water partition coefficient (Wildman–Crippen LogP) is -0.0108. The van der Waals surface area contributed by atoms with Crippen molar-refractivity contribution in [2.75, 3.05) is 0 Å². The van der Waals surface area contributed by atoms with E-state index >= 15 is 0 Å². The van der Waals surface area contributed by atoms with Crippen LogP contribution in [0.1, 0.15) is 26.2 Å². The Morgan fingerprint density at radius 3 is 2.50 bits per heavy atom. The summed E-state index contributed by atoms with van der Waals surface area (Å²) in [6.07, 6.45) is 2.53. The van der Waals surface area contributed by atoms with Crippen molar-refractivity contribution in [1.29, 1.82) is 0 Å². The summed E-state index contributed by atoms with van der Waals surface area (Å²) in [7, 11) is 0. The Morgan fingerprint density at radius 1 is 1.70 bits per heavy atom. The first-order chi connectivity index (χ1) is 4.54. The molecule has 0 aromatic carbocycles. The van der Waals surface area contributed by atoms with Gasteiger partial charge in [-0.05, 0) is 19.3 Å². The van der Waals surface area contributed by atoms with E-state index in [0.717, 1.165) is 19.3 Å². The average Bonchev–Trinajstić information content (AvgIpc) is 2.13. The van der Waals surface area contributed by atoms with E-state index in [1.54, 1.807) is 0 Å². The second-order valence-electron chi connectivity index (χ2n) is 3.43. The Kier molecular flexibility index (Phi) is 1.68. The van der Waals surface area contributed by atoms with Crippen LogP contribution in [0.15, 0.2) is 0 Å². The molecule has 3 heteroatoms. The lowest BCUT2D eigenvalue weighted by Crippen LogP contribution is -2.33. The largest absolute Gasteiger partial charge is 0.369 e. The zero-order valence-electron chi connectivity index (χ0n) is 6.26. The number of hydrogen-bond acceptors (Lipinski definition) is 2. The van der Waals surface area contributed by atoms with Crippen molar-refractivity contribution in [2.24, 2.45) is 16.9 Å². The van der Waals surface area contributed by atoms with Crippen LogP contribution in [-0.4, -0.2) is 11.9 Å². The summed E-state index contributed by atoms with van der Waals surface area (Å²) < 4.78 is 0. The fraction of sp³-hybridized carbons (Fsp3) is 0.857. The van der Waals surface area contributed by atoms with Crippen molar-refractivity contribution < 1.29 is 4.79 Å². The Hall–Kier alpha value is -0.570. The van der Waals surface area contributed by atoms with E-state index in [4.69, 9.17) is 11.5 Å². The molecule has 58 valence electrons. The molecule has 2 atom stereocenters. The molecular weight excluding hydrogens is 128 g/mol. The molecule has 1 saturated carbocycles. The summed E-state index contributed by atoms with van der Waals surface area (Å²) in [4.78, 5) is 10.8. The fourth-order valence-electron chi connectivity index (χ4n) is 1.51. The van der Waals surface area contributed by atoms with Gasteiger partial charge in [0.15, 0.2) is 0 Å². The molecule has 1 aliphatic carbocycles. The van der Waals surface area contributed by atoms with Gasteiger partial charge in [0.25, 0.3) is 0 Å². The van der Waals surface area contributed by atoms with Crippen molar-refractivity contribution in [3.8, 4) is 0 Å². The molecule has 0 bridgehead atoms. The van der Waals surface area contributed by atoms with Crippen LogP contribution in [0.4, 0.5) is 0 Å². The number of hydrogen-bond donors (Lipinski definition) is 2. The van der Waals surface area contributed by atoms with E-state index in [-0.39, 0.29) is 17.4 Å². The molecule has 1 rings (SSSR count). The molecule has 2 unspecified atom stereocenters. The summed E-state index contributed by atoms with van der Waals surface area (Å²) in [5.74, 6) is -0.208. The SMILES string of the molecule is CC1(C(N)=O)CCC(N)C1. The van der Waals surface area contributed by atoms with E-state index in [9.17, 15) is 4.79 Å². The molecule has 0 aromatic heterocycles. The summed E-state index contributed by atoms with van der Waals surface area (Å²) in [6, 6.07) is 0.178. The van der Waals surface area contributed by atoms with Gasteiger partial charge in [-0.2, -0.15) is 0 Å². The number of amides is 1. The number of carbonyl (C=O) groups excluding carboxylic acids is 1. The molecule has 0 aliphatic heterocycles. The average molecular weight is 142 g/mol. The molecule has 4 N–H and O–H groups in total. The van der Waals surface area contributed by atoms with Gasteiger partial charge in [0.1, 0.15) is 0 Å². The number of nitrogens with two attached hydrogens (primary N) is 2. The first-order valence-electron chi connectivity index (χ1n) is 3.60. The molecule has 0 saturated heterocycles. The molecule has 0 aromatic rings.